The molecule has 6 nitrogen and oxygen atoms in total. The van der Waals surface area contributed by atoms with Gasteiger partial charge in [-0.2, -0.15) is 0 Å². The van der Waals surface area contributed by atoms with Gasteiger partial charge in [-0.3, -0.25) is 24.3 Å². The summed E-state index contributed by atoms with van der Waals surface area (Å²) >= 11 is 0. The molecule has 132 valence electrons. The number of anilines is 1. The van der Waals surface area contributed by atoms with E-state index in [1.165, 1.54) is 4.90 Å². The summed E-state index contributed by atoms with van der Waals surface area (Å²) in [5, 5.41) is 2.78. The lowest BCUT2D eigenvalue weighted by atomic mass is 9.85. The number of hydrogen-bond donors (Lipinski definition) is 1. The minimum absolute atomic E-state index is 0.172. The van der Waals surface area contributed by atoms with Gasteiger partial charge in [-0.25, -0.2) is 0 Å². The van der Waals surface area contributed by atoms with Crippen molar-refractivity contribution in [2.24, 2.45) is 17.8 Å². The molecule has 0 bridgehead atoms. The number of nitrogens with zero attached hydrogens (tertiary/aromatic N) is 2. The third-order valence-electron chi connectivity index (χ3n) is 4.78. The zero-order valence-corrected chi connectivity index (χ0v) is 14.5. The average Bonchev–Trinajstić information content (AvgIpc) is 2.85. The first kappa shape index (κ1) is 17.3. The van der Waals surface area contributed by atoms with E-state index in [9.17, 15) is 14.4 Å². The van der Waals surface area contributed by atoms with Crippen LogP contribution in [0.25, 0.3) is 0 Å². The minimum atomic E-state index is -0.786. The molecular weight excluding hydrogens is 318 g/mol. The highest BCUT2D eigenvalue weighted by Gasteiger charge is 2.51. The summed E-state index contributed by atoms with van der Waals surface area (Å²) in [6, 6.07) is 2.67. The van der Waals surface area contributed by atoms with Gasteiger partial charge in [0.25, 0.3) is 0 Å². The first-order chi connectivity index (χ1) is 12.0. The van der Waals surface area contributed by atoms with Crippen LogP contribution in [0, 0.1) is 17.8 Å². The Morgan fingerprint density at radius 2 is 1.88 bits per heavy atom. The number of carbonyl (C=O) groups is 3. The van der Waals surface area contributed by atoms with E-state index < -0.39 is 6.04 Å². The van der Waals surface area contributed by atoms with Crippen LogP contribution in [0.5, 0.6) is 0 Å². The van der Waals surface area contributed by atoms with Gasteiger partial charge in [-0.15, -0.1) is 0 Å². The Balaban J connectivity index is 1.84. The molecule has 25 heavy (non-hydrogen) atoms. The second-order valence-electron chi connectivity index (χ2n) is 7.08. The molecule has 1 aliphatic heterocycles. The number of aromatic nitrogens is 1. The van der Waals surface area contributed by atoms with Gasteiger partial charge >= 0.3 is 0 Å². The number of allylic oxidation sites excluding steroid dienone is 2. The number of hydrogen-bond acceptors (Lipinski definition) is 4. The van der Waals surface area contributed by atoms with E-state index in [1.807, 2.05) is 26.0 Å². The Labute approximate surface area is 147 Å². The molecule has 0 spiro atoms. The topological polar surface area (TPSA) is 79.4 Å². The summed E-state index contributed by atoms with van der Waals surface area (Å²) in [6.45, 7) is 3.95. The fourth-order valence-corrected chi connectivity index (χ4v) is 3.57. The maximum absolute atomic E-state index is 12.8. The Kier molecular flexibility index (Phi) is 4.97. The molecule has 1 fully saturated rings. The van der Waals surface area contributed by atoms with E-state index >= 15 is 0 Å². The van der Waals surface area contributed by atoms with E-state index in [0.29, 0.717) is 24.9 Å². The predicted octanol–water partition coefficient (Wildman–Crippen LogP) is 2.39. The lowest BCUT2D eigenvalue weighted by molar-refractivity contribution is -0.147. The first-order valence-corrected chi connectivity index (χ1v) is 8.72. The number of rotatable bonds is 5. The molecule has 3 unspecified atom stereocenters. The molecule has 2 aliphatic rings. The van der Waals surface area contributed by atoms with Crippen LogP contribution in [0.3, 0.4) is 0 Å². The largest absolute Gasteiger partial charge is 0.323 e. The van der Waals surface area contributed by atoms with Crippen LogP contribution in [-0.4, -0.2) is 33.6 Å². The highest BCUT2D eigenvalue weighted by Crippen LogP contribution is 2.37. The van der Waals surface area contributed by atoms with Crippen LogP contribution >= 0.6 is 0 Å². The van der Waals surface area contributed by atoms with Crippen LogP contribution in [0.2, 0.25) is 0 Å². The summed E-state index contributed by atoms with van der Waals surface area (Å²) < 4.78 is 0. The van der Waals surface area contributed by atoms with E-state index in [0.717, 1.165) is 0 Å². The van der Waals surface area contributed by atoms with Crippen molar-refractivity contribution in [3.05, 3.63) is 36.7 Å². The Morgan fingerprint density at radius 3 is 2.40 bits per heavy atom. The second kappa shape index (κ2) is 7.17. The number of carbonyl (C=O) groups excluding carboxylic acids is 3. The van der Waals surface area contributed by atoms with Crippen molar-refractivity contribution >= 4 is 23.4 Å². The quantitative estimate of drug-likeness (QED) is 0.659. The summed E-state index contributed by atoms with van der Waals surface area (Å²) in [6.07, 6.45) is 8.64. The summed E-state index contributed by atoms with van der Waals surface area (Å²) in [4.78, 5) is 43.6. The van der Waals surface area contributed by atoms with Crippen LogP contribution in [0.1, 0.15) is 33.1 Å². The predicted molar refractivity (Wildman–Crippen MR) is 93.3 cm³/mol. The third kappa shape index (κ3) is 3.48. The molecule has 1 aromatic heterocycles. The highest BCUT2D eigenvalue weighted by molar-refractivity contribution is 6.10. The maximum Gasteiger partial charge on any atom is 0.247 e. The van der Waals surface area contributed by atoms with Crippen molar-refractivity contribution in [2.45, 2.75) is 39.2 Å². The molecule has 1 aromatic rings. The number of nitrogens with one attached hydrogen (secondary N) is 1. The highest BCUT2D eigenvalue weighted by atomic mass is 16.2. The molecule has 2 heterocycles. The van der Waals surface area contributed by atoms with Gasteiger partial charge in [-0.05, 0) is 37.3 Å². The standard InChI is InChI=1S/C19H23N3O3/c1-12(2)10-16(17(23)21-13-6-5-9-20-11-13)22-18(24)14-7-3-4-8-15(14)19(22)25/h3-6,9,11-12,14-16H,7-8,10H2,1-2H3,(H,21,23). The second-order valence-corrected chi connectivity index (χ2v) is 7.08. The molecule has 3 rings (SSSR count). The van der Waals surface area contributed by atoms with Crippen LogP contribution < -0.4 is 5.32 Å². The lowest BCUT2D eigenvalue weighted by Gasteiger charge is -2.27. The fraction of sp³-hybridized carbons (Fsp3) is 0.474. The van der Waals surface area contributed by atoms with Gasteiger partial charge in [0.15, 0.2) is 0 Å². The van der Waals surface area contributed by atoms with E-state index in [1.54, 1.807) is 24.5 Å². The van der Waals surface area contributed by atoms with Gasteiger partial charge in [-0.1, -0.05) is 26.0 Å². The summed E-state index contributed by atoms with van der Waals surface area (Å²) in [5.74, 6) is -1.24. The Bertz CT molecular complexity index is 673. The van der Waals surface area contributed by atoms with Gasteiger partial charge in [0, 0.05) is 6.20 Å². The SMILES string of the molecule is CC(C)CC(C(=O)Nc1cccnc1)N1C(=O)C2CC=CCC2C1=O. The van der Waals surface area contributed by atoms with Crippen molar-refractivity contribution in [3.8, 4) is 0 Å². The molecule has 6 heteroatoms. The molecular formula is C19H23N3O3. The van der Waals surface area contributed by atoms with Crippen LogP contribution in [-0.2, 0) is 14.4 Å². The lowest BCUT2D eigenvalue weighted by Crippen LogP contribution is -2.48. The Hall–Kier alpha value is -2.50. The van der Waals surface area contributed by atoms with Crippen LogP contribution in [0.15, 0.2) is 36.7 Å². The number of amides is 3. The van der Waals surface area contributed by atoms with Crippen molar-refractivity contribution in [3.63, 3.8) is 0 Å². The molecule has 0 aromatic carbocycles. The molecule has 0 radical (unpaired) electrons. The minimum Gasteiger partial charge on any atom is -0.323 e. The average molecular weight is 341 g/mol. The third-order valence-corrected chi connectivity index (χ3v) is 4.78. The smallest absolute Gasteiger partial charge is 0.247 e. The molecule has 3 atom stereocenters. The molecule has 1 aliphatic carbocycles. The first-order valence-electron chi connectivity index (χ1n) is 8.72. The normalized spacial score (nSPS) is 23.7. The zero-order valence-electron chi connectivity index (χ0n) is 14.5. The van der Waals surface area contributed by atoms with Crippen molar-refractivity contribution in [1.29, 1.82) is 0 Å². The van der Waals surface area contributed by atoms with Gasteiger partial charge in [0.05, 0.1) is 23.7 Å². The summed E-state index contributed by atoms with van der Waals surface area (Å²) in [7, 11) is 0. The van der Waals surface area contributed by atoms with Crippen LogP contribution in [0.4, 0.5) is 5.69 Å². The number of pyridine rings is 1. The summed E-state index contributed by atoms with van der Waals surface area (Å²) in [5.41, 5.74) is 0.555. The molecule has 0 saturated carbocycles. The molecule has 1 N–H and O–H groups in total. The number of imide groups is 1. The van der Waals surface area contributed by atoms with Crippen molar-refractivity contribution in [2.75, 3.05) is 5.32 Å². The van der Waals surface area contributed by atoms with Gasteiger partial charge < -0.3 is 5.32 Å². The Morgan fingerprint density at radius 1 is 1.24 bits per heavy atom. The number of likely N-dealkylation sites (tertiary alicyclic amines) is 1. The zero-order chi connectivity index (χ0) is 18.0. The van der Waals surface area contributed by atoms with E-state index in [-0.39, 0.29) is 35.5 Å². The van der Waals surface area contributed by atoms with Crippen molar-refractivity contribution < 1.29 is 14.4 Å². The van der Waals surface area contributed by atoms with E-state index in [4.69, 9.17) is 0 Å². The monoisotopic (exact) mass is 341 g/mol. The molecule has 1 saturated heterocycles. The van der Waals surface area contributed by atoms with Crippen molar-refractivity contribution in [1.82, 2.24) is 9.88 Å². The fourth-order valence-electron chi connectivity index (χ4n) is 3.57. The number of fused-ring (bicyclic) bond motifs is 1. The van der Waals surface area contributed by atoms with Gasteiger partial charge in [0.2, 0.25) is 17.7 Å². The maximum atomic E-state index is 12.8. The van der Waals surface area contributed by atoms with E-state index in [2.05, 4.69) is 10.3 Å². The molecule has 3 amide bonds. The van der Waals surface area contributed by atoms with Gasteiger partial charge in [0.1, 0.15) is 6.04 Å².